The second-order valence-electron chi connectivity index (χ2n) is 6.00. The SMILES string of the molecule is COc1ccc(C[NH+](C)CC(=O)Nc2ccc(C)c(Br)c2)c(OC)c1. The average molecular weight is 408 g/mol. The number of halogens is 1. The molecule has 0 aromatic heterocycles. The number of likely N-dealkylation sites (N-methyl/N-ethyl adjacent to an activating group) is 1. The van der Waals surface area contributed by atoms with Gasteiger partial charge in [0.05, 0.1) is 21.3 Å². The molecule has 0 heterocycles. The molecule has 1 atom stereocenters. The van der Waals surface area contributed by atoms with Gasteiger partial charge in [0.25, 0.3) is 5.91 Å². The number of carbonyl (C=O) groups excluding carboxylic acids is 1. The number of hydrogen-bond acceptors (Lipinski definition) is 3. The van der Waals surface area contributed by atoms with E-state index < -0.39 is 0 Å². The molecule has 0 fully saturated rings. The van der Waals surface area contributed by atoms with E-state index in [-0.39, 0.29) is 5.91 Å². The molecule has 0 saturated heterocycles. The summed E-state index contributed by atoms with van der Waals surface area (Å²) in [6.07, 6.45) is 0. The number of amides is 1. The molecule has 2 rings (SSSR count). The highest BCUT2D eigenvalue weighted by atomic mass is 79.9. The Balaban J connectivity index is 1.96. The maximum absolute atomic E-state index is 12.3. The third-order valence-corrected chi connectivity index (χ3v) is 4.76. The summed E-state index contributed by atoms with van der Waals surface area (Å²) in [7, 11) is 5.24. The average Bonchev–Trinajstić information content (AvgIpc) is 2.58. The number of aryl methyl sites for hydroxylation is 1. The zero-order valence-electron chi connectivity index (χ0n) is 15.0. The lowest BCUT2D eigenvalue weighted by atomic mass is 10.1. The fraction of sp³-hybridized carbons (Fsp3) is 0.316. The molecule has 0 saturated carbocycles. The van der Waals surface area contributed by atoms with Gasteiger partial charge in [-0.15, -0.1) is 0 Å². The number of anilines is 1. The van der Waals surface area contributed by atoms with Crippen molar-refractivity contribution in [2.45, 2.75) is 13.5 Å². The first-order valence-corrected chi connectivity index (χ1v) is 8.80. The van der Waals surface area contributed by atoms with Crippen LogP contribution in [0.25, 0.3) is 0 Å². The third-order valence-electron chi connectivity index (χ3n) is 3.90. The highest BCUT2D eigenvalue weighted by molar-refractivity contribution is 9.10. The van der Waals surface area contributed by atoms with E-state index >= 15 is 0 Å². The minimum atomic E-state index is -0.0271. The fourth-order valence-electron chi connectivity index (χ4n) is 2.54. The van der Waals surface area contributed by atoms with E-state index in [4.69, 9.17) is 9.47 Å². The van der Waals surface area contributed by atoms with Crippen LogP contribution in [-0.4, -0.2) is 33.7 Å². The molecule has 0 spiro atoms. The number of quaternary nitrogens is 1. The molecule has 2 aromatic rings. The number of carbonyl (C=O) groups is 1. The molecule has 1 unspecified atom stereocenters. The molecule has 25 heavy (non-hydrogen) atoms. The van der Waals surface area contributed by atoms with Crippen molar-refractivity contribution in [3.05, 3.63) is 52.0 Å². The lowest BCUT2D eigenvalue weighted by molar-refractivity contribution is -0.885. The molecule has 0 aliphatic carbocycles. The molecule has 5 nitrogen and oxygen atoms in total. The normalized spacial score (nSPS) is 11.7. The standard InChI is InChI=1S/C19H23BrN2O3/c1-13-5-7-15(9-17(13)20)21-19(23)12-22(2)11-14-6-8-16(24-3)10-18(14)25-4/h5-10H,11-12H2,1-4H3,(H,21,23)/p+1. The molecule has 2 N–H and O–H groups in total. The van der Waals surface area contributed by atoms with Gasteiger partial charge in [-0.25, -0.2) is 0 Å². The van der Waals surface area contributed by atoms with Gasteiger partial charge in [-0.1, -0.05) is 22.0 Å². The van der Waals surface area contributed by atoms with Gasteiger partial charge >= 0.3 is 0 Å². The predicted octanol–water partition coefficient (Wildman–Crippen LogP) is 2.43. The number of rotatable bonds is 7. The Morgan fingerprint density at radius 3 is 2.56 bits per heavy atom. The molecule has 134 valence electrons. The summed E-state index contributed by atoms with van der Waals surface area (Å²) in [5, 5.41) is 2.93. The Hall–Kier alpha value is -2.05. The van der Waals surface area contributed by atoms with E-state index in [1.54, 1.807) is 14.2 Å². The summed E-state index contributed by atoms with van der Waals surface area (Å²) in [6.45, 7) is 3.05. The van der Waals surface area contributed by atoms with Crippen LogP contribution in [0.5, 0.6) is 11.5 Å². The molecular weight excluding hydrogens is 384 g/mol. The van der Waals surface area contributed by atoms with Gasteiger partial charge in [-0.3, -0.25) is 4.79 Å². The van der Waals surface area contributed by atoms with E-state index in [9.17, 15) is 4.79 Å². The molecule has 0 radical (unpaired) electrons. The van der Waals surface area contributed by atoms with Crippen LogP contribution in [0.1, 0.15) is 11.1 Å². The van der Waals surface area contributed by atoms with Gasteiger partial charge in [0.15, 0.2) is 6.54 Å². The molecule has 0 bridgehead atoms. The lowest BCUT2D eigenvalue weighted by Crippen LogP contribution is -3.08. The first-order chi connectivity index (χ1) is 11.9. The number of nitrogens with one attached hydrogen (secondary N) is 2. The van der Waals surface area contributed by atoms with Crippen LogP contribution in [0.2, 0.25) is 0 Å². The zero-order chi connectivity index (χ0) is 18.4. The van der Waals surface area contributed by atoms with Crippen LogP contribution in [-0.2, 0) is 11.3 Å². The van der Waals surface area contributed by atoms with Crippen molar-refractivity contribution in [1.29, 1.82) is 0 Å². The van der Waals surface area contributed by atoms with E-state index in [0.29, 0.717) is 13.1 Å². The van der Waals surface area contributed by atoms with Crippen LogP contribution >= 0.6 is 15.9 Å². The predicted molar refractivity (Wildman–Crippen MR) is 103 cm³/mol. The lowest BCUT2D eigenvalue weighted by Gasteiger charge is -2.16. The van der Waals surface area contributed by atoms with E-state index in [1.807, 2.05) is 50.4 Å². The van der Waals surface area contributed by atoms with Gasteiger partial charge < -0.3 is 19.7 Å². The van der Waals surface area contributed by atoms with E-state index in [1.165, 1.54) is 0 Å². The van der Waals surface area contributed by atoms with Crippen LogP contribution in [0, 0.1) is 6.92 Å². The fourth-order valence-corrected chi connectivity index (χ4v) is 2.91. The molecule has 2 aromatic carbocycles. The monoisotopic (exact) mass is 407 g/mol. The number of hydrogen-bond donors (Lipinski definition) is 2. The van der Waals surface area contributed by atoms with Crippen molar-refractivity contribution in [2.24, 2.45) is 0 Å². The summed E-state index contributed by atoms with van der Waals surface area (Å²) in [5.41, 5.74) is 2.95. The smallest absolute Gasteiger partial charge is 0.279 e. The van der Waals surface area contributed by atoms with Crippen LogP contribution < -0.4 is 19.7 Å². The molecule has 0 aliphatic heterocycles. The van der Waals surface area contributed by atoms with Crippen molar-refractivity contribution >= 4 is 27.5 Å². The van der Waals surface area contributed by atoms with Gasteiger partial charge in [-0.2, -0.15) is 0 Å². The second-order valence-corrected chi connectivity index (χ2v) is 6.85. The minimum Gasteiger partial charge on any atom is -0.497 e. The van der Waals surface area contributed by atoms with Crippen LogP contribution in [0.3, 0.4) is 0 Å². The van der Waals surface area contributed by atoms with E-state index in [2.05, 4.69) is 21.2 Å². The maximum Gasteiger partial charge on any atom is 0.279 e. The number of ether oxygens (including phenoxy) is 2. The Labute approximate surface area is 157 Å². The summed E-state index contributed by atoms with van der Waals surface area (Å²) in [6, 6.07) is 11.5. The molecule has 1 amide bonds. The largest absolute Gasteiger partial charge is 0.497 e. The van der Waals surface area contributed by atoms with Crippen LogP contribution in [0.15, 0.2) is 40.9 Å². The third kappa shape index (κ3) is 5.47. The quantitative estimate of drug-likeness (QED) is 0.740. The molecular formula is C19H24BrN2O3+. The Morgan fingerprint density at radius 1 is 1.16 bits per heavy atom. The van der Waals surface area contributed by atoms with E-state index in [0.717, 1.165) is 37.7 Å². The first-order valence-electron chi connectivity index (χ1n) is 8.01. The molecule has 6 heteroatoms. The maximum atomic E-state index is 12.3. The van der Waals surface area contributed by atoms with Crippen molar-refractivity contribution < 1.29 is 19.2 Å². The Morgan fingerprint density at radius 2 is 1.92 bits per heavy atom. The minimum absolute atomic E-state index is 0.0271. The highest BCUT2D eigenvalue weighted by Gasteiger charge is 2.14. The zero-order valence-corrected chi connectivity index (χ0v) is 16.6. The van der Waals surface area contributed by atoms with Crippen LogP contribution in [0.4, 0.5) is 5.69 Å². The summed E-state index contributed by atoms with van der Waals surface area (Å²) in [5.74, 6) is 1.49. The number of methoxy groups -OCH3 is 2. The summed E-state index contributed by atoms with van der Waals surface area (Å²) in [4.78, 5) is 13.3. The first kappa shape index (κ1) is 19.3. The van der Waals surface area contributed by atoms with Crippen molar-refractivity contribution in [3.63, 3.8) is 0 Å². The van der Waals surface area contributed by atoms with Crippen molar-refractivity contribution in [1.82, 2.24) is 0 Å². The highest BCUT2D eigenvalue weighted by Crippen LogP contribution is 2.24. The Bertz CT molecular complexity index is 749. The summed E-state index contributed by atoms with van der Waals surface area (Å²) < 4.78 is 11.6. The second kappa shape index (κ2) is 8.87. The van der Waals surface area contributed by atoms with Gasteiger partial charge in [-0.05, 0) is 36.8 Å². The van der Waals surface area contributed by atoms with Gasteiger partial charge in [0.2, 0.25) is 0 Å². The van der Waals surface area contributed by atoms with Gasteiger partial charge in [0.1, 0.15) is 18.0 Å². The topological polar surface area (TPSA) is 52.0 Å². The van der Waals surface area contributed by atoms with Crippen molar-refractivity contribution in [2.75, 3.05) is 33.1 Å². The van der Waals surface area contributed by atoms with Crippen molar-refractivity contribution in [3.8, 4) is 11.5 Å². The number of benzene rings is 2. The Kier molecular flexibility index (Phi) is 6.84. The molecule has 0 aliphatic rings. The van der Waals surface area contributed by atoms with Gasteiger partial charge in [0, 0.05) is 21.8 Å². The summed E-state index contributed by atoms with van der Waals surface area (Å²) >= 11 is 3.48.